The van der Waals surface area contributed by atoms with E-state index in [2.05, 4.69) is 0 Å². The molecule has 3 rings (SSSR count). The summed E-state index contributed by atoms with van der Waals surface area (Å²) in [5.41, 5.74) is 4.22. The van der Waals surface area contributed by atoms with Crippen molar-refractivity contribution in [3.05, 3.63) is 58.7 Å². The summed E-state index contributed by atoms with van der Waals surface area (Å²) in [6, 6.07) is 8.12. The Balaban J connectivity index is 1.87. The number of rotatable bonds is 6. The SMILES string of the molecule is NC(=O)c1ccc(COc2ccc(C(=O)C3CCCC3)c(O)c2C(F)(F)F)cc1. The van der Waals surface area contributed by atoms with Crippen molar-refractivity contribution in [1.29, 1.82) is 0 Å². The van der Waals surface area contributed by atoms with Gasteiger partial charge in [-0.3, -0.25) is 9.59 Å². The van der Waals surface area contributed by atoms with E-state index in [1.165, 1.54) is 30.3 Å². The minimum atomic E-state index is -4.90. The van der Waals surface area contributed by atoms with Crippen LogP contribution in [0.3, 0.4) is 0 Å². The van der Waals surface area contributed by atoms with E-state index in [1.54, 1.807) is 0 Å². The summed E-state index contributed by atoms with van der Waals surface area (Å²) in [5.74, 6) is -3.13. The molecule has 0 heterocycles. The number of ketones is 1. The quantitative estimate of drug-likeness (QED) is 0.692. The Hall–Kier alpha value is -3.03. The van der Waals surface area contributed by atoms with Crippen molar-refractivity contribution in [2.24, 2.45) is 11.7 Å². The smallest absolute Gasteiger partial charge is 0.423 e. The van der Waals surface area contributed by atoms with E-state index in [1.807, 2.05) is 0 Å². The number of halogens is 3. The third-order valence-corrected chi connectivity index (χ3v) is 5.05. The van der Waals surface area contributed by atoms with Crippen LogP contribution in [-0.4, -0.2) is 16.8 Å². The molecule has 0 aliphatic heterocycles. The van der Waals surface area contributed by atoms with Crippen molar-refractivity contribution in [1.82, 2.24) is 0 Å². The van der Waals surface area contributed by atoms with E-state index in [0.29, 0.717) is 18.4 Å². The summed E-state index contributed by atoms with van der Waals surface area (Å²) in [7, 11) is 0. The van der Waals surface area contributed by atoms with E-state index < -0.39 is 34.9 Å². The Kier molecular flexibility index (Phi) is 5.81. The molecule has 2 aromatic carbocycles. The number of benzene rings is 2. The molecule has 0 radical (unpaired) electrons. The van der Waals surface area contributed by atoms with Gasteiger partial charge >= 0.3 is 6.18 Å². The van der Waals surface area contributed by atoms with Gasteiger partial charge in [-0.25, -0.2) is 0 Å². The van der Waals surface area contributed by atoms with Crippen LogP contribution in [0.4, 0.5) is 13.2 Å². The van der Waals surface area contributed by atoms with E-state index >= 15 is 0 Å². The Morgan fingerprint density at radius 2 is 1.69 bits per heavy atom. The zero-order valence-electron chi connectivity index (χ0n) is 15.5. The molecule has 0 aromatic heterocycles. The van der Waals surface area contributed by atoms with E-state index in [9.17, 15) is 27.9 Å². The van der Waals surface area contributed by atoms with Crippen LogP contribution in [0.1, 0.15) is 57.5 Å². The maximum atomic E-state index is 13.6. The molecule has 1 fully saturated rings. The van der Waals surface area contributed by atoms with Crippen molar-refractivity contribution in [2.75, 3.05) is 0 Å². The number of carbonyl (C=O) groups is 2. The van der Waals surface area contributed by atoms with Gasteiger partial charge < -0.3 is 15.6 Å². The summed E-state index contributed by atoms with van der Waals surface area (Å²) in [6.07, 6.45) is -1.99. The van der Waals surface area contributed by atoms with Crippen molar-refractivity contribution < 1.29 is 32.6 Å². The van der Waals surface area contributed by atoms with Gasteiger partial charge in [-0.2, -0.15) is 13.2 Å². The zero-order valence-corrected chi connectivity index (χ0v) is 15.5. The largest absolute Gasteiger partial charge is 0.506 e. The maximum absolute atomic E-state index is 13.6. The average Bonchev–Trinajstić information content (AvgIpc) is 3.20. The number of ether oxygens (including phenoxy) is 1. The standard InChI is InChI=1S/C21H20F3NO4/c22-21(23,24)17-16(29-11-12-5-7-14(8-6-12)20(25)28)10-9-15(19(17)27)18(26)13-3-1-2-4-13/h5-10,13,27H,1-4,11H2,(H2,25,28). The van der Waals surface area contributed by atoms with Gasteiger partial charge in [0.2, 0.25) is 5.91 Å². The van der Waals surface area contributed by atoms with Crippen LogP contribution in [-0.2, 0) is 12.8 Å². The number of phenols is 1. The number of nitrogens with two attached hydrogens (primary N) is 1. The Labute approximate surface area is 165 Å². The van der Waals surface area contributed by atoms with Gasteiger partial charge in [0.25, 0.3) is 0 Å². The highest BCUT2D eigenvalue weighted by Crippen LogP contribution is 2.45. The molecule has 0 bridgehead atoms. The summed E-state index contributed by atoms with van der Waals surface area (Å²) in [5, 5.41) is 10.3. The number of amides is 1. The molecule has 1 amide bonds. The first-order chi connectivity index (χ1) is 13.7. The summed E-state index contributed by atoms with van der Waals surface area (Å²) < 4.78 is 46.1. The topological polar surface area (TPSA) is 89.6 Å². The van der Waals surface area contributed by atoms with Crippen LogP contribution in [0.15, 0.2) is 36.4 Å². The third kappa shape index (κ3) is 4.52. The van der Waals surface area contributed by atoms with Crippen molar-refractivity contribution >= 4 is 11.7 Å². The second kappa shape index (κ2) is 8.14. The minimum Gasteiger partial charge on any atom is -0.506 e. The molecule has 1 aliphatic carbocycles. The highest BCUT2D eigenvalue weighted by atomic mass is 19.4. The summed E-state index contributed by atoms with van der Waals surface area (Å²) in [6.45, 7) is -0.225. The van der Waals surface area contributed by atoms with Gasteiger partial charge in [0.05, 0.1) is 5.56 Å². The fraction of sp³-hybridized carbons (Fsp3) is 0.333. The number of alkyl halides is 3. The molecule has 154 valence electrons. The minimum absolute atomic E-state index is 0.225. The molecular weight excluding hydrogens is 387 g/mol. The van der Waals surface area contributed by atoms with Gasteiger partial charge in [-0.05, 0) is 42.7 Å². The van der Waals surface area contributed by atoms with Gasteiger partial charge in [0.15, 0.2) is 5.78 Å². The number of primary amides is 1. The van der Waals surface area contributed by atoms with Crippen molar-refractivity contribution in [3.8, 4) is 11.5 Å². The maximum Gasteiger partial charge on any atom is 0.423 e. The van der Waals surface area contributed by atoms with Crippen LogP contribution in [0, 0.1) is 5.92 Å². The number of Topliss-reactive ketones (excluding diaryl/α,β-unsaturated/α-hetero) is 1. The van der Waals surface area contributed by atoms with Crippen molar-refractivity contribution in [2.45, 2.75) is 38.5 Å². The van der Waals surface area contributed by atoms with Gasteiger partial charge in [-0.1, -0.05) is 25.0 Å². The number of phenolic OH excluding ortho intramolecular Hbond substituents is 1. The fourth-order valence-electron chi connectivity index (χ4n) is 3.50. The molecule has 0 saturated heterocycles. The molecule has 5 nitrogen and oxygen atoms in total. The molecule has 0 atom stereocenters. The first-order valence-corrected chi connectivity index (χ1v) is 9.17. The first kappa shape index (κ1) is 20.7. The van der Waals surface area contributed by atoms with Crippen LogP contribution in [0.25, 0.3) is 0 Å². The lowest BCUT2D eigenvalue weighted by Gasteiger charge is -2.18. The zero-order chi connectivity index (χ0) is 21.2. The molecule has 2 aromatic rings. The molecule has 29 heavy (non-hydrogen) atoms. The molecule has 0 spiro atoms. The molecule has 1 saturated carbocycles. The lowest BCUT2D eigenvalue weighted by atomic mass is 9.93. The van der Waals surface area contributed by atoms with Crippen molar-refractivity contribution in [3.63, 3.8) is 0 Å². The number of aromatic hydroxyl groups is 1. The Morgan fingerprint density at radius 1 is 1.07 bits per heavy atom. The molecular formula is C21H20F3NO4. The van der Waals surface area contributed by atoms with Gasteiger partial charge in [0.1, 0.15) is 23.7 Å². The third-order valence-electron chi connectivity index (χ3n) is 5.05. The predicted octanol–water partition coefficient (Wildman–Crippen LogP) is 4.46. The van der Waals surface area contributed by atoms with Gasteiger partial charge in [-0.15, -0.1) is 0 Å². The lowest BCUT2D eigenvalue weighted by molar-refractivity contribution is -0.140. The van der Waals surface area contributed by atoms with Gasteiger partial charge in [0, 0.05) is 11.5 Å². The van der Waals surface area contributed by atoms with Crippen LogP contribution >= 0.6 is 0 Å². The van der Waals surface area contributed by atoms with E-state index in [4.69, 9.17) is 10.5 Å². The fourth-order valence-corrected chi connectivity index (χ4v) is 3.50. The normalized spacial score (nSPS) is 14.7. The molecule has 8 heteroatoms. The predicted molar refractivity (Wildman–Crippen MR) is 98.7 cm³/mol. The Bertz CT molecular complexity index is 917. The summed E-state index contributed by atoms with van der Waals surface area (Å²) >= 11 is 0. The molecule has 3 N–H and O–H groups in total. The van der Waals surface area contributed by atoms with Crippen LogP contribution in [0.5, 0.6) is 11.5 Å². The average molecular weight is 407 g/mol. The highest BCUT2D eigenvalue weighted by molar-refractivity contribution is 6.01. The van der Waals surface area contributed by atoms with Crippen LogP contribution in [0.2, 0.25) is 0 Å². The number of hydrogen-bond acceptors (Lipinski definition) is 4. The van der Waals surface area contributed by atoms with E-state index in [0.717, 1.165) is 18.9 Å². The number of carbonyl (C=O) groups excluding carboxylic acids is 2. The first-order valence-electron chi connectivity index (χ1n) is 9.17. The molecule has 0 unspecified atom stereocenters. The monoisotopic (exact) mass is 407 g/mol. The Morgan fingerprint density at radius 3 is 2.24 bits per heavy atom. The lowest BCUT2D eigenvalue weighted by Crippen LogP contribution is -2.15. The van der Waals surface area contributed by atoms with Crippen LogP contribution < -0.4 is 10.5 Å². The molecule has 1 aliphatic rings. The number of hydrogen-bond donors (Lipinski definition) is 2. The second-order valence-corrected chi connectivity index (χ2v) is 7.03. The second-order valence-electron chi connectivity index (χ2n) is 7.03. The summed E-state index contributed by atoms with van der Waals surface area (Å²) in [4.78, 5) is 23.6. The van der Waals surface area contributed by atoms with E-state index in [-0.39, 0.29) is 23.7 Å². The highest BCUT2D eigenvalue weighted by Gasteiger charge is 2.40.